The van der Waals surface area contributed by atoms with Crippen LogP contribution >= 0.6 is 23.2 Å². The predicted octanol–water partition coefficient (Wildman–Crippen LogP) is 3.62. The van der Waals surface area contributed by atoms with Crippen LogP contribution in [0.4, 0.5) is 0 Å². The molecule has 0 atom stereocenters. The molecule has 202 valence electrons. The highest BCUT2D eigenvalue weighted by molar-refractivity contribution is 6.99. The average molecular weight is 588 g/mol. The molecule has 1 heterocycles. The normalized spacial score (nSPS) is 15.9. The van der Waals surface area contributed by atoms with Gasteiger partial charge in [0.2, 0.25) is 0 Å². The van der Waals surface area contributed by atoms with Crippen molar-refractivity contribution in [2.24, 2.45) is 0 Å². The van der Waals surface area contributed by atoms with E-state index in [2.05, 4.69) is 0 Å². The number of carbonyl (C=O) groups is 4. The van der Waals surface area contributed by atoms with E-state index in [1.165, 1.54) is 12.1 Å². The minimum absolute atomic E-state index is 0.00570. The molecule has 0 aromatic heterocycles. The molecule has 4 N–H and O–H groups in total. The Labute approximate surface area is 233 Å². The summed E-state index contributed by atoms with van der Waals surface area (Å²) < 4.78 is 0. The Morgan fingerprint density at radius 1 is 0.949 bits per heavy atom. The highest BCUT2D eigenvalue weighted by atomic mass is 35.5. The number of ketones is 1. The topological polar surface area (TPSA) is 152 Å². The van der Waals surface area contributed by atoms with Crippen LogP contribution in [0.3, 0.4) is 0 Å². The number of carbonyl (C=O) groups excluding carboxylic acids is 1. The van der Waals surface area contributed by atoms with Crippen molar-refractivity contribution in [1.29, 1.82) is 0 Å². The molecule has 0 saturated carbocycles. The van der Waals surface area contributed by atoms with Gasteiger partial charge in [0.05, 0.1) is 28.7 Å². The smallest absolute Gasteiger partial charge is 0.336 e. The van der Waals surface area contributed by atoms with Crippen molar-refractivity contribution in [1.82, 2.24) is 4.90 Å². The number of halogens is 2. The quantitative estimate of drug-likeness (QED) is 0.339. The minimum Gasteiger partial charge on any atom is -0.506 e. The van der Waals surface area contributed by atoms with E-state index in [1.807, 2.05) is 13.1 Å². The van der Waals surface area contributed by atoms with E-state index in [1.54, 1.807) is 30.3 Å². The molecule has 0 spiro atoms. The molecule has 4 rings (SSSR count). The molecule has 0 bridgehead atoms. The fourth-order valence-electron chi connectivity index (χ4n) is 5.24. The number of rotatable bonds is 8. The van der Waals surface area contributed by atoms with Gasteiger partial charge in [-0.25, -0.2) is 4.79 Å². The number of aromatic hydroxyl groups is 1. The van der Waals surface area contributed by atoms with Gasteiger partial charge >= 0.3 is 17.9 Å². The summed E-state index contributed by atoms with van der Waals surface area (Å²) in [5.74, 6) is -4.46. The number of aromatic carboxylic acids is 1. The summed E-state index contributed by atoms with van der Waals surface area (Å²) in [5, 5.41) is 40.7. The molecular formula is C27H23Cl2NO8Si. The number of phenolic OH excluding ortho intramolecular Hbond substituents is 1. The Morgan fingerprint density at radius 2 is 1.56 bits per heavy atom. The van der Waals surface area contributed by atoms with Crippen LogP contribution < -0.4 is 5.19 Å². The van der Waals surface area contributed by atoms with Crippen LogP contribution in [0.1, 0.15) is 27.0 Å². The number of benzene rings is 2. The number of allylic oxidation sites excluding steroid dienone is 5. The molecule has 0 unspecified atom stereocenters. The van der Waals surface area contributed by atoms with Crippen molar-refractivity contribution in [2.45, 2.75) is 19.6 Å². The van der Waals surface area contributed by atoms with Gasteiger partial charge in [-0.3, -0.25) is 19.3 Å². The first-order chi connectivity index (χ1) is 18.2. The van der Waals surface area contributed by atoms with Crippen LogP contribution in [0.5, 0.6) is 5.75 Å². The number of carboxylic acid groups (broad SMARTS) is 3. The van der Waals surface area contributed by atoms with Gasteiger partial charge in [-0.1, -0.05) is 60.6 Å². The summed E-state index contributed by atoms with van der Waals surface area (Å²) in [4.78, 5) is 48.7. The van der Waals surface area contributed by atoms with Crippen LogP contribution in [0.2, 0.25) is 18.1 Å². The molecule has 2 aliphatic rings. The molecule has 2 aromatic rings. The molecular weight excluding hydrogens is 565 g/mol. The van der Waals surface area contributed by atoms with Crippen LogP contribution in [-0.2, 0) is 20.9 Å². The Morgan fingerprint density at radius 3 is 2.15 bits per heavy atom. The first kappa shape index (κ1) is 28.3. The summed E-state index contributed by atoms with van der Waals surface area (Å²) >= 11 is 13.4. The number of aliphatic carboxylic acids is 2. The lowest BCUT2D eigenvalue weighted by atomic mass is 9.86. The Balaban J connectivity index is 2.09. The van der Waals surface area contributed by atoms with Crippen molar-refractivity contribution in [2.75, 3.05) is 13.1 Å². The molecule has 12 heteroatoms. The van der Waals surface area contributed by atoms with Crippen molar-refractivity contribution in [3.63, 3.8) is 0 Å². The molecule has 9 nitrogen and oxygen atoms in total. The zero-order valence-electron chi connectivity index (χ0n) is 20.8. The Kier molecular flexibility index (Phi) is 7.59. The third kappa shape index (κ3) is 5.03. The van der Waals surface area contributed by atoms with Gasteiger partial charge in [0.1, 0.15) is 13.8 Å². The Hall–Kier alpha value is -3.70. The van der Waals surface area contributed by atoms with Crippen molar-refractivity contribution < 1.29 is 39.6 Å². The molecule has 1 aliphatic heterocycles. The SMILES string of the molecule is C[Si]1(C)C2=C(Cl)C(=O)C=CC2=C(c2ccccc2C(=O)O)c2cc(CN(CC(=O)O)CC(=O)O)c(O)c(Cl)c21. The summed E-state index contributed by atoms with van der Waals surface area (Å²) in [6.07, 6.45) is 2.90. The number of fused-ring (bicyclic) bond motifs is 2. The van der Waals surface area contributed by atoms with E-state index in [-0.39, 0.29) is 33.5 Å². The van der Waals surface area contributed by atoms with Crippen molar-refractivity contribution >= 4 is 65.7 Å². The average Bonchev–Trinajstić information content (AvgIpc) is 2.83. The fourth-order valence-corrected chi connectivity index (χ4v) is 10.4. The predicted molar refractivity (Wildman–Crippen MR) is 147 cm³/mol. The molecule has 0 saturated heterocycles. The summed E-state index contributed by atoms with van der Waals surface area (Å²) in [6, 6.07) is 7.88. The van der Waals surface area contributed by atoms with Crippen LogP contribution in [0.15, 0.2) is 58.3 Å². The minimum atomic E-state index is -2.91. The number of nitrogens with zero attached hydrogens (tertiary/aromatic N) is 1. The van der Waals surface area contributed by atoms with Gasteiger partial charge in [0.25, 0.3) is 0 Å². The second-order valence-corrected chi connectivity index (χ2v) is 14.7. The second kappa shape index (κ2) is 10.5. The maximum Gasteiger partial charge on any atom is 0.336 e. The monoisotopic (exact) mass is 587 g/mol. The molecule has 2 aromatic carbocycles. The number of hydrogen-bond donors (Lipinski definition) is 4. The van der Waals surface area contributed by atoms with Gasteiger partial charge < -0.3 is 20.4 Å². The number of phenols is 1. The van der Waals surface area contributed by atoms with Gasteiger partial charge in [-0.05, 0) is 50.9 Å². The molecule has 1 aliphatic carbocycles. The molecule has 0 fully saturated rings. The largest absolute Gasteiger partial charge is 0.506 e. The zero-order chi connectivity index (χ0) is 28.8. The lowest BCUT2D eigenvalue weighted by Gasteiger charge is -2.39. The van der Waals surface area contributed by atoms with Crippen molar-refractivity contribution in [3.05, 3.63) is 85.6 Å². The maximum absolute atomic E-state index is 12.6. The fraction of sp³-hybridized carbons (Fsp3) is 0.185. The maximum atomic E-state index is 12.6. The second-order valence-electron chi connectivity index (χ2n) is 9.70. The van der Waals surface area contributed by atoms with Gasteiger partial charge in [-0.15, -0.1) is 0 Å². The van der Waals surface area contributed by atoms with E-state index in [0.29, 0.717) is 32.7 Å². The third-order valence-electron chi connectivity index (χ3n) is 6.75. The Bertz CT molecular complexity index is 1540. The van der Waals surface area contributed by atoms with Crippen LogP contribution in [0.25, 0.3) is 5.57 Å². The summed E-state index contributed by atoms with van der Waals surface area (Å²) in [6.45, 7) is 2.33. The highest BCUT2D eigenvalue weighted by Gasteiger charge is 2.45. The zero-order valence-corrected chi connectivity index (χ0v) is 23.3. The number of carboxylic acids is 3. The van der Waals surface area contributed by atoms with E-state index in [9.17, 15) is 39.6 Å². The van der Waals surface area contributed by atoms with E-state index in [4.69, 9.17) is 23.2 Å². The lowest BCUT2D eigenvalue weighted by molar-refractivity contribution is -0.142. The standard InChI is InChI=1S/C27H23Cl2NO8Si/c1-39(2)25-16(7-8-18(31)22(25)28)21(14-5-3-4-6-15(14)27(37)38)17-9-13(24(36)23(29)26(17)39)10-30(11-19(32)33)12-20(34)35/h3-9,36H,10-12H2,1-2H3,(H,32,33)(H,34,35)(H,37,38). The molecule has 0 amide bonds. The van der Waals surface area contributed by atoms with Crippen LogP contribution in [-0.4, -0.2) is 70.2 Å². The first-order valence-corrected chi connectivity index (χ1v) is 15.4. The van der Waals surface area contributed by atoms with E-state index >= 15 is 0 Å². The molecule has 0 radical (unpaired) electrons. The highest BCUT2D eigenvalue weighted by Crippen LogP contribution is 2.47. The van der Waals surface area contributed by atoms with Gasteiger partial charge in [0, 0.05) is 12.1 Å². The van der Waals surface area contributed by atoms with E-state index in [0.717, 1.165) is 4.90 Å². The van der Waals surface area contributed by atoms with E-state index < -0.39 is 44.9 Å². The first-order valence-electron chi connectivity index (χ1n) is 11.7. The third-order valence-corrected chi connectivity index (χ3v) is 11.4. The lowest BCUT2D eigenvalue weighted by Crippen LogP contribution is -2.51. The summed E-state index contributed by atoms with van der Waals surface area (Å²) in [7, 11) is -2.91. The van der Waals surface area contributed by atoms with Crippen LogP contribution in [0, 0.1) is 0 Å². The van der Waals surface area contributed by atoms with Crippen molar-refractivity contribution in [3.8, 4) is 5.75 Å². The number of hydrogen-bond acceptors (Lipinski definition) is 6. The van der Waals surface area contributed by atoms with Gasteiger partial charge in [0.15, 0.2) is 5.78 Å². The molecule has 39 heavy (non-hydrogen) atoms. The van der Waals surface area contributed by atoms with Gasteiger partial charge in [-0.2, -0.15) is 0 Å². The summed E-state index contributed by atoms with van der Waals surface area (Å²) in [5.41, 5.74) is 1.94.